The van der Waals surface area contributed by atoms with Crippen molar-refractivity contribution in [2.45, 2.75) is 38.5 Å². The third kappa shape index (κ3) is 5.59. The van der Waals surface area contributed by atoms with Crippen LogP contribution in [-0.4, -0.2) is 30.5 Å². The van der Waals surface area contributed by atoms with E-state index in [0.717, 1.165) is 23.3 Å². The lowest BCUT2D eigenvalue weighted by Gasteiger charge is -2.29. The van der Waals surface area contributed by atoms with Gasteiger partial charge in [-0.05, 0) is 47.9 Å². The highest BCUT2D eigenvalue weighted by Crippen LogP contribution is 2.49. The van der Waals surface area contributed by atoms with Crippen molar-refractivity contribution in [3.8, 4) is 0 Å². The van der Waals surface area contributed by atoms with Crippen molar-refractivity contribution in [3.63, 3.8) is 0 Å². The Hall–Kier alpha value is -2.78. The van der Waals surface area contributed by atoms with Gasteiger partial charge in [0.15, 0.2) is 0 Å². The van der Waals surface area contributed by atoms with Crippen LogP contribution in [0, 0.1) is 6.92 Å². The van der Waals surface area contributed by atoms with E-state index in [1.807, 2.05) is 12.2 Å². The number of amides is 2. The maximum Gasteiger partial charge on any atom is 0.435 e. The summed E-state index contributed by atoms with van der Waals surface area (Å²) in [5.74, 6) is -0.549. The summed E-state index contributed by atoms with van der Waals surface area (Å²) in [6.45, 7) is 2.97. The SMILES string of the molecule is CC(=O)NC(=O)OCCc1cc(C2=NOC(c3cc(Cl)cc(Cl)c3)(C(F)(F)F)C2)ccc1C. The molecule has 0 aliphatic carbocycles. The molecule has 1 aliphatic rings. The lowest BCUT2D eigenvalue weighted by atomic mass is 9.86. The summed E-state index contributed by atoms with van der Waals surface area (Å²) in [7, 11) is 0. The number of alkyl carbamates (subject to hydrolysis) is 1. The van der Waals surface area contributed by atoms with E-state index in [1.165, 1.54) is 13.0 Å². The fourth-order valence-corrected chi connectivity index (χ4v) is 3.93. The highest BCUT2D eigenvalue weighted by molar-refractivity contribution is 6.34. The van der Waals surface area contributed by atoms with Crippen LogP contribution in [0.3, 0.4) is 0 Å². The number of hydrogen-bond acceptors (Lipinski definition) is 5. The van der Waals surface area contributed by atoms with Crippen LogP contribution in [0.15, 0.2) is 41.6 Å². The molecule has 1 unspecified atom stereocenters. The second-order valence-electron chi connectivity index (χ2n) is 7.50. The first-order chi connectivity index (χ1) is 15.4. The minimum Gasteiger partial charge on any atom is -0.449 e. The normalized spacial score (nSPS) is 17.8. The maximum absolute atomic E-state index is 14.2. The molecule has 1 heterocycles. The average Bonchev–Trinajstić information content (AvgIpc) is 3.15. The smallest absolute Gasteiger partial charge is 0.435 e. The summed E-state index contributed by atoms with van der Waals surface area (Å²) < 4.78 is 47.4. The zero-order valence-electron chi connectivity index (χ0n) is 17.6. The molecular weight excluding hydrogens is 484 g/mol. The van der Waals surface area contributed by atoms with Gasteiger partial charge in [-0.1, -0.05) is 40.5 Å². The highest BCUT2D eigenvalue weighted by atomic mass is 35.5. The average molecular weight is 503 g/mol. The van der Waals surface area contributed by atoms with E-state index in [2.05, 4.69) is 5.16 Å². The van der Waals surface area contributed by atoms with Crippen molar-refractivity contribution in [1.82, 2.24) is 5.32 Å². The van der Waals surface area contributed by atoms with Crippen LogP contribution >= 0.6 is 23.2 Å². The molecule has 0 radical (unpaired) electrons. The number of aryl methyl sites for hydroxylation is 1. The second-order valence-corrected chi connectivity index (χ2v) is 8.37. The van der Waals surface area contributed by atoms with Gasteiger partial charge in [0.05, 0.1) is 12.3 Å². The molecule has 2 aromatic rings. The molecule has 0 bridgehead atoms. The van der Waals surface area contributed by atoms with E-state index in [-0.39, 0.29) is 34.3 Å². The van der Waals surface area contributed by atoms with Gasteiger partial charge in [0.25, 0.3) is 5.60 Å². The quantitative estimate of drug-likeness (QED) is 0.568. The standard InChI is InChI=1S/C22H19Cl2F3N2O4/c1-12-3-4-15(7-14(12)5-6-32-20(31)28-13(2)30)19-11-21(33-29-19,22(25,26)27)16-8-17(23)10-18(24)9-16/h3-4,7-10H,5-6,11H2,1-2H3,(H,28,30,31). The van der Waals surface area contributed by atoms with E-state index < -0.39 is 30.2 Å². The molecule has 1 atom stereocenters. The number of carbonyl (C=O) groups excluding carboxylic acids is 2. The number of alkyl halides is 3. The van der Waals surface area contributed by atoms with Crippen molar-refractivity contribution in [1.29, 1.82) is 0 Å². The molecule has 3 rings (SSSR count). The summed E-state index contributed by atoms with van der Waals surface area (Å²) in [6.07, 6.45) is -5.96. The first-order valence-corrected chi connectivity index (χ1v) is 10.5. The number of nitrogens with one attached hydrogen (secondary N) is 1. The minimum atomic E-state index is -4.79. The van der Waals surface area contributed by atoms with Crippen molar-refractivity contribution in [2.75, 3.05) is 6.61 Å². The van der Waals surface area contributed by atoms with E-state index in [1.54, 1.807) is 18.2 Å². The molecule has 1 N–H and O–H groups in total. The largest absolute Gasteiger partial charge is 0.449 e. The Balaban J connectivity index is 1.82. The number of carbonyl (C=O) groups is 2. The topological polar surface area (TPSA) is 77.0 Å². The Bertz CT molecular complexity index is 1100. The molecule has 2 amide bonds. The second kappa shape index (κ2) is 9.61. The Morgan fingerprint density at radius 1 is 1.18 bits per heavy atom. The Kier molecular flexibility index (Phi) is 7.23. The van der Waals surface area contributed by atoms with Gasteiger partial charge in [0.2, 0.25) is 5.91 Å². The number of nitrogens with zero attached hydrogens (tertiary/aromatic N) is 1. The fourth-order valence-electron chi connectivity index (χ4n) is 3.40. The van der Waals surface area contributed by atoms with Crippen molar-refractivity contribution >= 4 is 40.9 Å². The lowest BCUT2D eigenvalue weighted by molar-refractivity contribution is -0.275. The number of halogens is 5. The van der Waals surface area contributed by atoms with Crippen LogP contribution < -0.4 is 5.32 Å². The number of oxime groups is 1. The van der Waals surface area contributed by atoms with E-state index >= 15 is 0 Å². The first-order valence-electron chi connectivity index (χ1n) is 9.74. The van der Waals surface area contributed by atoms with Crippen LogP contribution in [0.1, 0.15) is 35.6 Å². The summed E-state index contributed by atoms with van der Waals surface area (Å²) in [5, 5.41) is 5.83. The van der Waals surface area contributed by atoms with Gasteiger partial charge >= 0.3 is 12.3 Å². The van der Waals surface area contributed by atoms with Crippen molar-refractivity contribution < 1.29 is 32.3 Å². The number of benzene rings is 2. The molecule has 176 valence electrons. The molecule has 0 aromatic heterocycles. The minimum absolute atomic E-state index is 0.0279. The molecule has 1 aliphatic heterocycles. The highest BCUT2D eigenvalue weighted by Gasteiger charge is 2.62. The third-order valence-corrected chi connectivity index (χ3v) is 5.52. The van der Waals surface area contributed by atoms with Crippen LogP contribution in [0.2, 0.25) is 10.0 Å². The van der Waals surface area contributed by atoms with Crippen LogP contribution in [-0.2, 0) is 26.4 Å². The van der Waals surface area contributed by atoms with Gasteiger partial charge in [-0.15, -0.1) is 0 Å². The van der Waals surface area contributed by atoms with Crippen LogP contribution in [0.4, 0.5) is 18.0 Å². The zero-order valence-corrected chi connectivity index (χ0v) is 19.1. The van der Waals surface area contributed by atoms with Gasteiger partial charge in [-0.2, -0.15) is 13.2 Å². The number of rotatable bonds is 5. The summed E-state index contributed by atoms with van der Waals surface area (Å²) >= 11 is 11.9. The predicted molar refractivity (Wildman–Crippen MR) is 116 cm³/mol. The zero-order chi connectivity index (χ0) is 24.4. The fraction of sp³-hybridized carbons (Fsp3) is 0.318. The van der Waals surface area contributed by atoms with Gasteiger partial charge in [0, 0.05) is 35.4 Å². The Morgan fingerprint density at radius 3 is 2.45 bits per heavy atom. The summed E-state index contributed by atoms with van der Waals surface area (Å²) in [5.41, 5.74) is -0.861. The van der Waals surface area contributed by atoms with E-state index in [9.17, 15) is 22.8 Å². The number of ether oxygens (including phenoxy) is 1. The summed E-state index contributed by atoms with van der Waals surface area (Å²) in [6, 6.07) is 8.68. The molecule has 0 saturated heterocycles. The molecule has 2 aromatic carbocycles. The van der Waals surface area contributed by atoms with Crippen molar-refractivity contribution in [3.05, 3.63) is 68.7 Å². The van der Waals surface area contributed by atoms with Crippen molar-refractivity contribution in [2.24, 2.45) is 5.16 Å². The first kappa shape index (κ1) is 24.9. The summed E-state index contributed by atoms with van der Waals surface area (Å²) in [4.78, 5) is 27.3. The molecule has 0 saturated carbocycles. The van der Waals surface area contributed by atoms with Gasteiger partial charge < -0.3 is 9.57 Å². The lowest BCUT2D eigenvalue weighted by Crippen LogP contribution is -2.42. The number of imide groups is 1. The monoisotopic (exact) mass is 502 g/mol. The molecule has 0 spiro atoms. The third-order valence-electron chi connectivity index (χ3n) is 5.08. The molecular formula is C22H19Cl2F3N2O4. The Labute approximate surface area is 197 Å². The van der Waals surface area contributed by atoms with E-state index in [4.69, 9.17) is 32.8 Å². The van der Waals surface area contributed by atoms with Crippen LogP contribution in [0.5, 0.6) is 0 Å². The van der Waals surface area contributed by atoms with Gasteiger partial charge in [-0.3, -0.25) is 10.1 Å². The Morgan fingerprint density at radius 2 is 1.85 bits per heavy atom. The number of hydrogen-bond donors (Lipinski definition) is 1. The van der Waals surface area contributed by atoms with E-state index in [0.29, 0.717) is 5.56 Å². The van der Waals surface area contributed by atoms with Gasteiger partial charge in [0.1, 0.15) is 0 Å². The maximum atomic E-state index is 14.2. The molecule has 33 heavy (non-hydrogen) atoms. The molecule has 11 heteroatoms. The van der Waals surface area contributed by atoms with Gasteiger partial charge in [-0.25, -0.2) is 4.79 Å². The van der Waals surface area contributed by atoms with Crippen LogP contribution in [0.25, 0.3) is 0 Å². The predicted octanol–water partition coefficient (Wildman–Crippen LogP) is 5.70. The molecule has 0 fully saturated rings. The molecule has 6 nitrogen and oxygen atoms in total.